The molecule has 0 aromatic heterocycles. The Morgan fingerprint density at radius 3 is 2.81 bits per heavy atom. The lowest BCUT2D eigenvalue weighted by atomic mass is 10.2. The van der Waals surface area contributed by atoms with Gasteiger partial charge in [-0.15, -0.1) is 0 Å². The maximum atomic E-state index is 13.7. The first-order chi connectivity index (χ1) is 10.1. The van der Waals surface area contributed by atoms with Gasteiger partial charge in [0.15, 0.2) is 17.5 Å². The van der Waals surface area contributed by atoms with Crippen LogP contribution >= 0.6 is 11.8 Å². The van der Waals surface area contributed by atoms with Crippen molar-refractivity contribution in [3.05, 3.63) is 29.6 Å². The Morgan fingerprint density at radius 1 is 1.48 bits per heavy atom. The fourth-order valence-corrected chi connectivity index (χ4v) is 2.39. The number of aliphatic imine (C=N–C) groups is 1. The Bertz CT molecular complexity index is 468. The molecule has 4 nitrogen and oxygen atoms in total. The first kappa shape index (κ1) is 17.6. The molecule has 0 aliphatic rings. The minimum Gasteiger partial charge on any atom is -0.494 e. The summed E-state index contributed by atoms with van der Waals surface area (Å²) < 4.78 is 18.6. The van der Waals surface area contributed by atoms with Gasteiger partial charge in [0.2, 0.25) is 0 Å². The van der Waals surface area contributed by atoms with Gasteiger partial charge in [-0.3, -0.25) is 4.99 Å². The molecular formula is C15H24FN3OS. The van der Waals surface area contributed by atoms with Gasteiger partial charge in [0.25, 0.3) is 0 Å². The molecule has 0 unspecified atom stereocenters. The predicted molar refractivity (Wildman–Crippen MR) is 88.8 cm³/mol. The summed E-state index contributed by atoms with van der Waals surface area (Å²) in [7, 11) is 5.15. The Labute approximate surface area is 130 Å². The van der Waals surface area contributed by atoms with E-state index in [2.05, 4.69) is 16.6 Å². The highest BCUT2D eigenvalue weighted by molar-refractivity contribution is 7.98. The monoisotopic (exact) mass is 313 g/mol. The zero-order valence-electron chi connectivity index (χ0n) is 13.1. The minimum absolute atomic E-state index is 0.265. The van der Waals surface area contributed by atoms with Crippen LogP contribution in [0.4, 0.5) is 4.39 Å². The third kappa shape index (κ3) is 5.83. The normalized spacial score (nSPS) is 11.4. The van der Waals surface area contributed by atoms with Crippen LogP contribution in [0.1, 0.15) is 12.0 Å². The van der Waals surface area contributed by atoms with Gasteiger partial charge < -0.3 is 15.0 Å². The van der Waals surface area contributed by atoms with Crippen LogP contribution in [0.5, 0.6) is 5.75 Å². The summed E-state index contributed by atoms with van der Waals surface area (Å²) in [5.74, 6) is 1.86. The third-order valence-corrected chi connectivity index (χ3v) is 3.71. The molecule has 1 rings (SSSR count). The lowest BCUT2D eigenvalue weighted by Crippen LogP contribution is -2.39. The molecule has 0 saturated carbocycles. The highest BCUT2D eigenvalue weighted by Gasteiger charge is 2.08. The number of hydrogen-bond acceptors (Lipinski definition) is 3. The quantitative estimate of drug-likeness (QED) is 0.477. The average molecular weight is 313 g/mol. The molecule has 0 radical (unpaired) electrons. The molecule has 21 heavy (non-hydrogen) atoms. The van der Waals surface area contributed by atoms with Crippen LogP contribution in [0, 0.1) is 5.82 Å². The lowest BCUT2D eigenvalue weighted by molar-refractivity contribution is 0.385. The zero-order valence-corrected chi connectivity index (χ0v) is 14.0. The molecule has 0 amide bonds. The molecule has 0 aliphatic heterocycles. The number of guanidine groups is 1. The van der Waals surface area contributed by atoms with Gasteiger partial charge in [0.05, 0.1) is 7.11 Å². The summed E-state index contributed by atoms with van der Waals surface area (Å²) in [6, 6.07) is 5.00. The Kier molecular flexibility index (Phi) is 7.97. The second-order valence-electron chi connectivity index (χ2n) is 4.65. The fraction of sp³-hybridized carbons (Fsp3) is 0.533. The average Bonchev–Trinajstić information content (AvgIpc) is 2.47. The van der Waals surface area contributed by atoms with E-state index in [9.17, 15) is 4.39 Å². The SMILES string of the molecule is CN=C(NCCCSC)N(C)Cc1ccc(OC)c(F)c1. The van der Waals surface area contributed by atoms with Gasteiger partial charge in [-0.05, 0) is 36.1 Å². The standard InChI is InChI=1S/C15H24FN3OS/c1-17-15(18-8-5-9-21-4)19(2)11-12-6-7-14(20-3)13(16)10-12/h6-7,10H,5,8-9,11H2,1-4H3,(H,17,18). The summed E-state index contributed by atoms with van der Waals surface area (Å²) >= 11 is 1.83. The molecule has 6 heteroatoms. The molecule has 0 bridgehead atoms. The van der Waals surface area contributed by atoms with Crippen molar-refractivity contribution in [1.29, 1.82) is 0 Å². The topological polar surface area (TPSA) is 36.9 Å². The predicted octanol–water partition coefficient (Wildman–Crippen LogP) is 2.59. The summed E-state index contributed by atoms with van der Waals surface area (Å²) in [6.45, 7) is 1.47. The number of thioether (sulfide) groups is 1. The van der Waals surface area contributed by atoms with Crippen LogP contribution in [0.15, 0.2) is 23.2 Å². The van der Waals surface area contributed by atoms with E-state index in [1.165, 1.54) is 13.2 Å². The van der Waals surface area contributed by atoms with Crippen LogP contribution < -0.4 is 10.1 Å². The van der Waals surface area contributed by atoms with Gasteiger partial charge >= 0.3 is 0 Å². The first-order valence-corrected chi connectivity index (χ1v) is 8.25. The Morgan fingerprint density at radius 2 is 2.24 bits per heavy atom. The highest BCUT2D eigenvalue weighted by Crippen LogP contribution is 2.18. The Hall–Kier alpha value is -1.43. The number of hydrogen-bond donors (Lipinski definition) is 1. The Balaban J connectivity index is 2.57. The van der Waals surface area contributed by atoms with Crippen LogP contribution in [0.25, 0.3) is 0 Å². The van der Waals surface area contributed by atoms with Crippen molar-refractivity contribution in [1.82, 2.24) is 10.2 Å². The molecule has 118 valence electrons. The molecule has 1 aromatic rings. The smallest absolute Gasteiger partial charge is 0.193 e. The molecule has 0 aliphatic carbocycles. The van der Waals surface area contributed by atoms with E-state index in [0.717, 1.165) is 30.2 Å². The second-order valence-corrected chi connectivity index (χ2v) is 5.63. The number of methoxy groups -OCH3 is 1. The summed E-state index contributed by atoms with van der Waals surface area (Å²) in [6.07, 6.45) is 3.18. The van der Waals surface area contributed by atoms with Crippen molar-refractivity contribution >= 4 is 17.7 Å². The van der Waals surface area contributed by atoms with Crippen molar-refractivity contribution in [2.75, 3.05) is 39.8 Å². The summed E-state index contributed by atoms with van der Waals surface area (Å²) in [5.41, 5.74) is 0.878. The van der Waals surface area contributed by atoms with Gasteiger partial charge in [-0.2, -0.15) is 11.8 Å². The van der Waals surface area contributed by atoms with E-state index in [0.29, 0.717) is 6.54 Å². The van der Waals surface area contributed by atoms with Gasteiger partial charge in [-0.25, -0.2) is 4.39 Å². The van der Waals surface area contributed by atoms with Crippen LogP contribution in [0.3, 0.4) is 0 Å². The van der Waals surface area contributed by atoms with Crippen LogP contribution in [0.2, 0.25) is 0 Å². The van der Waals surface area contributed by atoms with Crippen molar-refractivity contribution in [2.24, 2.45) is 4.99 Å². The lowest BCUT2D eigenvalue weighted by Gasteiger charge is -2.22. The molecule has 0 spiro atoms. The third-order valence-electron chi connectivity index (χ3n) is 3.02. The zero-order chi connectivity index (χ0) is 15.7. The van der Waals surface area contributed by atoms with E-state index in [1.54, 1.807) is 13.1 Å². The van der Waals surface area contributed by atoms with Crippen molar-refractivity contribution < 1.29 is 9.13 Å². The summed E-state index contributed by atoms with van der Waals surface area (Å²) in [5, 5.41) is 3.31. The van der Waals surface area contributed by atoms with Crippen molar-refractivity contribution in [3.63, 3.8) is 0 Å². The maximum absolute atomic E-state index is 13.7. The van der Waals surface area contributed by atoms with Crippen molar-refractivity contribution in [2.45, 2.75) is 13.0 Å². The molecule has 0 saturated heterocycles. The number of benzene rings is 1. The van der Waals surface area contributed by atoms with E-state index in [-0.39, 0.29) is 11.6 Å². The molecule has 0 atom stereocenters. The second kappa shape index (κ2) is 9.50. The summed E-state index contributed by atoms with van der Waals surface area (Å²) in [4.78, 5) is 6.22. The van der Waals surface area contributed by atoms with E-state index in [4.69, 9.17) is 4.74 Å². The number of halogens is 1. The van der Waals surface area contributed by atoms with Gasteiger partial charge in [-0.1, -0.05) is 6.07 Å². The number of nitrogens with zero attached hydrogens (tertiary/aromatic N) is 2. The minimum atomic E-state index is -0.341. The molecular weight excluding hydrogens is 289 g/mol. The van der Waals surface area contributed by atoms with E-state index < -0.39 is 0 Å². The van der Waals surface area contributed by atoms with Crippen LogP contribution in [-0.4, -0.2) is 50.6 Å². The maximum Gasteiger partial charge on any atom is 0.193 e. The van der Waals surface area contributed by atoms with Crippen molar-refractivity contribution in [3.8, 4) is 5.75 Å². The largest absolute Gasteiger partial charge is 0.494 e. The fourth-order valence-electron chi connectivity index (χ4n) is 1.96. The van der Waals surface area contributed by atoms with Gasteiger partial charge in [0, 0.05) is 27.2 Å². The first-order valence-electron chi connectivity index (χ1n) is 6.85. The van der Waals surface area contributed by atoms with E-state index >= 15 is 0 Å². The molecule has 1 N–H and O–H groups in total. The number of nitrogens with one attached hydrogen (secondary N) is 1. The molecule has 1 aromatic carbocycles. The molecule has 0 heterocycles. The number of ether oxygens (including phenoxy) is 1. The number of rotatable bonds is 7. The van der Waals surface area contributed by atoms with Crippen LogP contribution in [-0.2, 0) is 6.54 Å². The van der Waals surface area contributed by atoms with Gasteiger partial charge in [0.1, 0.15) is 0 Å². The van der Waals surface area contributed by atoms with E-state index in [1.807, 2.05) is 29.8 Å². The molecule has 0 fully saturated rings. The highest BCUT2D eigenvalue weighted by atomic mass is 32.2.